The summed E-state index contributed by atoms with van der Waals surface area (Å²) in [6.45, 7) is 7.19. The molecule has 0 atom stereocenters. The van der Waals surface area contributed by atoms with Crippen molar-refractivity contribution >= 4 is 17.3 Å². The number of benzene rings is 2. The van der Waals surface area contributed by atoms with Gasteiger partial charge in [0.05, 0.1) is 17.7 Å². The Hall–Kier alpha value is -2.58. The largest absolute Gasteiger partial charge is 0.462 e. The van der Waals surface area contributed by atoms with E-state index >= 15 is 0 Å². The SMILES string of the molecule is CCOC(=O)c1cc(Nc2ccc(CN3CCN(C)CC3)c(C(F)(F)F)c2)ccc1C. The fourth-order valence-corrected chi connectivity index (χ4v) is 3.60. The van der Waals surface area contributed by atoms with Crippen molar-refractivity contribution in [3.63, 3.8) is 0 Å². The standard InChI is InChI=1S/C23H28F3N3O2/c1-4-31-22(30)20-13-18(7-5-16(20)2)27-19-8-6-17(21(14-19)23(24,25)26)15-29-11-9-28(3)10-12-29/h5-8,13-14,27H,4,9-12,15H2,1-3H3. The molecule has 1 fully saturated rings. The highest BCUT2D eigenvalue weighted by Crippen LogP contribution is 2.35. The first-order valence-corrected chi connectivity index (χ1v) is 10.3. The van der Waals surface area contributed by atoms with Crippen LogP contribution in [0.5, 0.6) is 0 Å². The topological polar surface area (TPSA) is 44.8 Å². The number of ether oxygens (including phenoxy) is 1. The van der Waals surface area contributed by atoms with Crippen LogP contribution < -0.4 is 5.32 Å². The molecule has 1 heterocycles. The summed E-state index contributed by atoms with van der Waals surface area (Å²) in [4.78, 5) is 16.3. The van der Waals surface area contributed by atoms with Gasteiger partial charge < -0.3 is 15.0 Å². The van der Waals surface area contributed by atoms with E-state index in [1.165, 1.54) is 6.07 Å². The van der Waals surface area contributed by atoms with E-state index in [-0.39, 0.29) is 18.7 Å². The van der Waals surface area contributed by atoms with Crippen LogP contribution in [-0.2, 0) is 17.5 Å². The van der Waals surface area contributed by atoms with Crippen molar-refractivity contribution in [3.8, 4) is 0 Å². The second kappa shape index (κ2) is 9.70. The lowest BCUT2D eigenvalue weighted by atomic mass is 10.0. The van der Waals surface area contributed by atoms with E-state index in [0.29, 0.717) is 16.9 Å². The lowest BCUT2D eigenvalue weighted by Gasteiger charge is -2.33. The minimum atomic E-state index is -4.46. The number of carbonyl (C=O) groups is 1. The van der Waals surface area contributed by atoms with Gasteiger partial charge in [-0.25, -0.2) is 4.79 Å². The first-order chi connectivity index (χ1) is 14.7. The molecule has 3 rings (SSSR count). The van der Waals surface area contributed by atoms with Crippen LogP contribution >= 0.6 is 0 Å². The molecule has 8 heteroatoms. The van der Waals surface area contributed by atoms with Crippen LogP contribution in [0.15, 0.2) is 36.4 Å². The molecule has 2 aromatic carbocycles. The maximum absolute atomic E-state index is 13.8. The summed E-state index contributed by atoms with van der Waals surface area (Å²) in [5.74, 6) is -0.456. The molecule has 0 aromatic heterocycles. The molecule has 2 aromatic rings. The number of rotatable bonds is 6. The van der Waals surface area contributed by atoms with Gasteiger partial charge >= 0.3 is 12.1 Å². The van der Waals surface area contributed by atoms with E-state index < -0.39 is 17.7 Å². The second-order valence-electron chi connectivity index (χ2n) is 7.82. The number of hydrogen-bond donors (Lipinski definition) is 1. The number of likely N-dealkylation sites (N-methyl/N-ethyl adjacent to an activating group) is 1. The molecule has 1 saturated heterocycles. The van der Waals surface area contributed by atoms with Gasteiger partial charge in [-0.2, -0.15) is 13.2 Å². The van der Waals surface area contributed by atoms with Gasteiger partial charge in [-0.3, -0.25) is 4.90 Å². The number of anilines is 2. The minimum absolute atomic E-state index is 0.250. The highest BCUT2D eigenvalue weighted by molar-refractivity contribution is 5.92. The zero-order valence-corrected chi connectivity index (χ0v) is 18.1. The average Bonchev–Trinajstić information content (AvgIpc) is 2.71. The first-order valence-electron chi connectivity index (χ1n) is 10.3. The molecule has 5 nitrogen and oxygen atoms in total. The number of halogens is 3. The number of hydrogen-bond acceptors (Lipinski definition) is 5. The molecular formula is C23H28F3N3O2. The monoisotopic (exact) mass is 435 g/mol. The van der Waals surface area contributed by atoms with Crippen LogP contribution in [0.25, 0.3) is 0 Å². The quantitative estimate of drug-likeness (QED) is 0.668. The molecule has 0 unspecified atom stereocenters. The summed E-state index contributed by atoms with van der Waals surface area (Å²) in [6.07, 6.45) is -4.46. The number of esters is 1. The van der Waals surface area contributed by atoms with Gasteiger partial charge in [-0.1, -0.05) is 12.1 Å². The summed E-state index contributed by atoms with van der Waals surface area (Å²) in [6, 6.07) is 9.37. The van der Waals surface area contributed by atoms with Crippen LogP contribution in [0, 0.1) is 6.92 Å². The maximum atomic E-state index is 13.8. The second-order valence-corrected chi connectivity index (χ2v) is 7.82. The Morgan fingerprint density at radius 3 is 2.35 bits per heavy atom. The summed E-state index contributed by atoms with van der Waals surface area (Å²) in [5.41, 5.74) is 1.58. The van der Waals surface area contributed by atoms with Crippen molar-refractivity contribution < 1.29 is 22.7 Å². The van der Waals surface area contributed by atoms with Gasteiger partial charge in [0.25, 0.3) is 0 Å². The van der Waals surface area contributed by atoms with Crippen LogP contribution in [0.1, 0.15) is 34.0 Å². The zero-order valence-electron chi connectivity index (χ0n) is 18.1. The Labute approximate surface area is 180 Å². The van der Waals surface area contributed by atoms with Crippen molar-refractivity contribution in [1.82, 2.24) is 9.80 Å². The van der Waals surface area contributed by atoms with Gasteiger partial charge in [0.1, 0.15) is 0 Å². The lowest BCUT2D eigenvalue weighted by molar-refractivity contribution is -0.138. The van der Waals surface area contributed by atoms with Crippen molar-refractivity contribution in [1.29, 1.82) is 0 Å². The highest BCUT2D eigenvalue weighted by Gasteiger charge is 2.34. The number of aryl methyl sites for hydroxylation is 1. The molecular weight excluding hydrogens is 407 g/mol. The smallest absolute Gasteiger partial charge is 0.416 e. The summed E-state index contributed by atoms with van der Waals surface area (Å²) >= 11 is 0. The Morgan fingerprint density at radius 2 is 1.71 bits per heavy atom. The highest BCUT2D eigenvalue weighted by atomic mass is 19.4. The van der Waals surface area contributed by atoms with E-state index in [2.05, 4.69) is 10.2 Å². The van der Waals surface area contributed by atoms with Gasteiger partial charge in [-0.15, -0.1) is 0 Å². The molecule has 0 spiro atoms. The Morgan fingerprint density at radius 1 is 1.06 bits per heavy atom. The molecule has 0 bridgehead atoms. The van der Waals surface area contributed by atoms with E-state index in [1.54, 1.807) is 38.1 Å². The van der Waals surface area contributed by atoms with Crippen molar-refractivity contribution in [3.05, 3.63) is 58.7 Å². The fraction of sp³-hybridized carbons (Fsp3) is 0.435. The van der Waals surface area contributed by atoms with Crippen LogP contribution in [0.4, 0.5) is 24.5 Å². The molecule has 168 valence electrons. The lowest BCUT2D eigenvalue weighted by Crippen LogP contribution is -2.44. The maximum Gasteiger partial charge on any atom is 0.416 e. The van der Waals surface area contributed by atoms with Gasteiger partial charge in [-0.05, 0) is 56.3 Å². The number of nitrogens with one attached hydrogen (secondary N) is 1. The normalized spacial score (nSPS) is 15.7. The zero-order chi connectivity index (χ0) is 22.6. The Kier molecular flexibility index (Phi) is 7.23. The fourth-order valence-electron chi connectivity index (χ4n) is 3.60. The van der Waals surface area contributed by atoms with E-state index in [4.69, 9.17) is 4.74 Å². The number of nitrogens with zero attached hydrogens (tertiary/aromatic N) is 2. The minimum Gasteiger partial charge on any atom is -0.462 e. The van der Waals surface area contributed by atoms with Gasteiger partial charge in [0, 0.05) is 44.1 Å². The molecule has 1 aliphatic heterocycles. The third-order valence-corrected chi connectivity index (χ3v) is 5.43. The van der Waals surface area contributed by atoms with Crippen LogP contribution in [-0.4, -0.2) is 55.6 Å². The third-order valence-electron chi connectivity index (χ3n) is 5.43. The first kappa shape index (κ1) is 23.1. The molecule has 1 aliphatic rings. The predicted molar refractivity (Wildman–Crippen MR) is 115 cm³/mol. The van der Waals surface area contributed by atoms with E-state index in [9.17, 15) is 18.0 Å². The van der Waals surface area contributed by atoms with Crippen molar-refractivity contribution in [2.24, 2.45) is 0 Å². The van der Waals surface area contributed by atoms with Crippen LogP contribution in [0.3, 0.4) is 0 Å². The summed E-state index contributed by atoms with van der Waals surface area (Å²) in [5, 5.41) is 2.99. The van der Waals surface area contributed by atoms with Gasteiger partial charge in [0.15, 0.2) is 0 Å². The third kappa shape index (κ3) is 5.98. The average molecular weight is 435 g/mol. The Bertz CT molecular complexity index is 923. The summed E-state index contributed by atoms with van der Waals surface area (Å²) in [7, 11) is 2.01. The van der Waals surface area contributed by atoms with E-state index in [1.807, 2.05) is 11.9 Å². The number of alkyl halides is 3. The number of piperazine rings is 1. The Balaban J connectivity index is 1.83. The summed E-state index contributed by atoms with van der Waals surface area (Å²) < 4.78 is 46.4. The predicted octanol–water partition coefficient (Wildman–Crippen LogP) is 4.68. The van der Waals surface area contributed by atoms with Crippen LogP contribution in [0.2, 0.25) is 0 Å². The molecule has 0 saturated carbocycles. The molecule has 0 amide bonds. The molecule has 0 radical (unpaired) electrons. The molecule has 0 aliphatic carbocycles. The van der Waals surface area contributed by atoms with Crippen molar-refractivity contribution in [2.75, 3.05) is 45.2 Å². The van der Waals surface area contributed by atoms with E-state index in [0.717, 1.165) is 37.8 Å². The molecule has 31 heavy (non-hydrogen) atoms. The van der Waals surface area contributed by atoms with Gasteiger partial charge in [0.2, 0.25) is 0 Å². The number of carbonyl (C=O) groups excluding carboxylic acids is 1. The van der Waals surface area contributed by atoms with Crippen molar-refractivity contribution in [2.45, 2.75) is 26.6 Å². The molecule has 1 N–H and O–H groups in total.